The quantitative estimate of drug-likeness (QED) is 0.580. The molecule has 1 atom stereocenters. The molecule has 9 nitrogen and oxygen atoms in total. The van der Waals surface area contributed by atoms with Crippen LogP contribution in [-0.2, 0) is 19.6 Å². The third-order valence-corrected chi connectivity index (χ3v) is 7.51. The molecule has 2 aromatic rings. The van der Waals surface area contributed by atoms with Crippen LogP contribution in [0.1, 0.15) is 26.3 Å². The summed E-state index contributed by atoms with van der Waals surface area (Å²) in [5.41, 5.74) is 1.42. The van der Waals surface area contributed by atoms with Crippen molar-refractivity contribution >= 4 is 27.3 Å². The predicted molar refractivity (Wildman–Crippen MR) is 129 cm³/mol. The summed E-state index contributed by atoms with van der Waals surface area (Å²) in [6, 6.07) is 13.5. The molecule has 1 unspecified atom stereocenters. The molecule has 10 heteroatoms. The maximum absolute atomic E-state index is 13.2. The largest absolute Gasteiger partial charge is 0.480 e. The van der Waals surface area contributed by atoms with Crippen LogP contribution in [0.2, 0.25) is 0 Å². The molecule has 0 spiro atoms. The molecule has 2 aromatic carbocycles. The lowest BCUT2D eigenvalue weighted by atomic mass is 10.2. The molecule has 0 radical (unpaired) electrons. The smallest absolute Gasteiger partial charge is 0.265 e. The Balaban J connectivity index is 1.90. The number of para-hydroxylation sites is 1. The van der Waals surface area contributed by atoms with E-state index in [0.717, 1.165) is 0 Å². The first-order chi connectivity index (χ1) is 16.3. The van der Waals surface area contributed by atoms with Crippen LogP contribution in [0.3, 0.4) is 0 Å². The number of morpholine rings is 1. The van der Waals surface area contributed by atoms with Gasteiger partial charge in [0.2, 0.25) is 10.0 Å². The van der Waals surface area contributed by atoms with Crippen molar-refractivity contribution in [3.8, 4) is 11.8 Å². The zero-order valence-electron chi connectivity index (χ0n) is 19.7. The van der Waals surface area contributed by atoms with Crippen molar-refractivity contribution in [2.24, 2.45) is 0 Å². The van der Waals surface area contributed by atoms with Gasteiger partial charge in [-0.3, -0.25) is 4.79 Å². The van der Waals surface area contributed by atoms with Crippen molar-refractivity contribution in [2.75, 3.05) is 49.6 Å². The molecule has 0 aliphatic carbocycles. The third kappa shape index (κ3) is 5.67. The van der Waals surface area contributed by atoms with Gasteiger partial charge in [0.15, 0.2) is 6.10 Å². The number of anilines is 2. The standard InChI is InChI=1S/C24H30N4O5S/c1-4-27(5-2)22-11-10-20(34(30,31)28-12-14-32-15-13-28)16-21(22)26-24(29)18(3)33-23-9-7-6-8-19(23)17-25/h6-11,16,18H,4-5,12-15H2,1-3H3,(H,26,29). The molecule has 0 saturated carbocycles. The number of hydrogen-bond acceptors (Lipinski definition) is 7. The van der Waals surface area contributed by atoms with Crippen molar-refractivity contribution in [1.29, 1.82) is 5.26 Å². The van der Waals surface area contributed by atoms with Crippen molar-refractivity contribution in [1.82, 2.24) is 4.31 Å². The van der Waals surface area contributed by atoms with E-state index >= 15 is 0 Å². The third-order valence-electron chi connectivity index (χ3n) is 5.62. The van der Waals surface area contributed by atoms with E-state index in [1.807, 2.05) is 24.8 Å². The van der Waals surface area contributed by atoms with Gasteiger partial charge in [0.1, 0.15) is 11.8 Å². The van der Waals surface area contributed by atoms with Gasteiger partial charge >= 0.3 is 0 Å². The van der Waals surface area contributed by atoms with E-state index in [0.29, 0.717) is 49.0 Å². The van der Waals surface area contributed by atoms with Crippen LogP contribution in [0, 0.1) is 11.3 Å². The molecule has 1 fully saturated rings. The van der Waals surface area contributed by atoms with Gasteiger partial charge in [-0.1, -0.05) is 12.1 Å². The van der Waals surface area contributed by atoms with Crippen molar-refractivity contribution in [2.45, 2.75) is 31.8 Å². The maximum Gasteiger partial charge on any atom is 0.265 e. The van der Waals surface area contributed by atoms with E-state index in [9.17, 15) is 18.5 Å². The Labute approximate surface area is 200 Å². The highest BCUT2D eigenvalue weighted by Crippen LogP contribution is 2.31. The lowest BCUT2D eigenvalue weighted by Crippen LogP contribution is -2.40. The first-order valence-electron chi connectivity index (χ1n) is 11.2. The van der Waals surface area contributed by atoms with Crippen molar-refractivity contribution in [3.05, 3.63) is 48.0 Å². The summed E-state index contributed by atoms with van der Waals surface area (Å²) in [5, 5.41) is 12.1. The minimum Gasteiger partial charge on any atom is -0.480 e. The summed E-state index contributed by atoms with van der Waals surface area (Å²) in [5.74, 6) is -0.151. The highest BCUT2D eigenvalue weighted by atomic mass is 32.2. The van der Waals surface area contributed by atoms with E-state index in [-0.39, 0.29) is 18.0 Å². The number of benzene rings is 2. The zero-order valence-corrected chi connectivity index (χ0v) is 20.5. The topological polar surface area (TPSA) is 112 Å². The molecule has 1 aliphatic heterocycles. The van der Waals surface area contributed by atoms with Crippen LogP contribution in [0.5, 0.6) is 5.75 Å². The summed E-state index contributed by atoms with van der Waals surface area (Å²) >= 11 is 0. The Bertz CT molecular complexity index is 1150. The van der Waals surface area contributed by atoms with Gasteiger partial charge in [0.25, 0.3) is 5.91 Å². The number of nitrogens with zero attached hydrogens (tertiary/aromatic N) is 3. The normalized spacial score (nSPS) is 15.2. The number of nitriles is 1. The molecule has 0 aromatic heterocycles. The van der Waals surface area contributed by atoms with Crippen molar-refractivity contribution < 1.29 is 22.7 Å². The van der Waals surface area contributed by atoms with Crippen LogP contribution in [0.4, 0.5) is 11.4 Å². The molecule has 1 aliphatic rings. The van der Waals surface area contributed by atoms with Gasteiger partial charge < -0.3 is 19.7 Å². The molecule has 3 rings (SSSR count). The highest BCUT2D eigenvalue weighted by Gasteiger charge is 2.28. The van der Waals surface area contributed by atoms with Gasteiger partial charge in [-0.05, 0) is 51.1 Å². The second kappa shape index (κ2) is 11.3. The monoisotopic (exact) mass is 486 g/mol. The lowest BCUT2D eigenvalue weighted by Gasteiger charge is -2.28. The second-order valence-electron chi connectivity index (χ2n) is 7.72. The number of sulfonamides is 1. The number of nitrogens with one attached hydrogen (secondary N) is 1. The Kier molecular flexibility index (Phi) is 8.50. The van der Waals surface area contributed by atoms with Gasteiger partial charge in [-0.15, -0.1) is 0 Å². The summed E-state index contributed by atoms with van der Waals surface area (Å²) in [6.45, 7) is 8.16. The minimum atomic E-state index is -3.74. The molecule has 34 heavy (non-hydrogen) atoms. The van der Waals surface area contributed by atoms with Gasteiger partial charge in [0, 0.05) is 26.2 Å². The van der Waals surface area contributed by atoms with Gasteiger partial charge in [-0.2, -0.15) is 9.57 Å². The van der Waals surface area contributed by atoms with Crippen LogP contribution in [0.25, 0.3) is 0 Å². The maximum atomic E-state index is 13.2. The molecular weight excluding hydrogens is 456 g/mol. The fraction of sp³-hybridized carbons (Fsp3) is 0.417. The average molecular weight is 487 g/mol. The van der Waals surface area contributed by atoms with Crippen LogP contribution in [-0.4, -0.2) is 64.1 Å². The molecule has 1 saturated heterocycles. The van der Waals surface area contributed by atoms with Gasteiger partial charge in [-0.25, -0.2) is 8.42 Å². The zero-order chi connectivity index (χ0) is 24.7. The first kappa shape index (κ1) is 25.5. The van der Waals surface area contributed by atoms with E-state index in [1.54, 1.807) is 43.3 Å². The summed E-state index contributed by atoms with van der Waals surface area (Å²) in [6.07, 6.45) is -0.918. The summed E-state index contributed by atoms with van der Waals surface area (Å²) in [7, 11) is -3.74. The predicted octanol–water partition coefficient (Wildman–Crippen LogP) is 2.83. The number of amides is 1. The first-order valence-corrected chi connectivity index (χ1v) is 12.7. The minimum absolute atomic E-state index is 0.101. The number of carbonyl (C=O) groups is 1. The Morgan fingerprint density at radius 1 is 1.21 bits per heavy atom. The number of hydrogen-bond donors (Lipinski definition) is 1. The van der Waals surface area contributed by atoms with Crippen LogP contribution in [0.15, 0.2) is 47.4 Å². The average Bonchev–Trinajstić information content (AvgIpc) is 2.86. The van der Waals surface area contributed by atoms with Crippen LogP contribution >= 0.6 is 0 Å². The Morgan fingerprint density at radius 2 is 1.88 bits per heavy atom. The van der Waals surface area contributed by atoms with E-state index < -0.39 is 22.0 Å². The molecule has 182 valence electrons. The van der Waals surface area contributed by atoms with E-state index in [1.165, 1.54) is 10.4 Å². The van der Waals surface area contributed by atoms with E-state index in [2.05, 4.69) is 5.32 Å². The van der Waals surface area contributed by atoms with Gasteiger partial charge in [0.05, 0.1) is 35.0 Å². The summed E-state index contributed by atoms with van der Waals surface area (Å²) < 4.78 is 38.7. The van der Waals surface area contributed by atoms with E-state index in [4.69, 9.17) is 9.47 Å². The van der Waals surface area contributed by atoms with Crippen LogP contribution < -0.4 is 15.0 Å². The summed E-state index contributed by atoms with van der Waals surface area (Å²) in [4.78, 5) is 15.1. The number of rotatable bonds is 9. The number of ether oxygens (including phenoxy) is 2. The number of carbonyl (C=O) groups excluding carboxylic acids is 1. The SMILES string of the molecule is CCN(CC)c1ccc(S(=O)(=O)N2CCOCC2)cc1NC(=O)C(C)Oc1ccccc1C#N. The Morgan fingerprint density at radius 3 is 2.53 bits per heavy atom. The lowest BCUT2D eigenvalue weighted by molar-refractivity contribution is -0.122. The molecular formula is C24H30N4O5S. The molecule has 1 N–H and O–H groups in total. The fourth-order valence-electron chi connectivity index (χ4n) is 3.69. The molecule has 1 heterocycles. The molecule has 1 amide bonds. The van der Waals surface area contributed by atoms with Crippen molar-refractivity contribution in [3.63, 3.8) is 0 Å². The molecule has 0 bridgehead atoms. The second-order valence-corrected chi connectivity index (χ2v) is 9.66. The highest BCUT2D eigenvalue weighted by molar-refractivity contribution is 7.89. The fourth-order valence-corrected chi connectivity index (χ4v) is 5.13. The Hall–Kier alpha value is -3.13.